The first kappa shape index (κ1) is 10.9. The quantitative estimate of drug-likeness (QED) is 0.522. The maximum atomic E-state index is 11.0. The smallest absolute Gasteiger partial charge is 0.302 e. The van der Waals surface area contributed by atoms with Crippen molar-refractivity contribution in [1.29, 1.82) is 0 Å². The molecule has 0 aromatic carbocycles. The van der Waals surface area contributed by atoms with Crippen LogP contribution in [0.1, 0.15) is 26.2 Å². The number of epoxide rings is 1. The fourth-order valence-electron chi connectivity index (χ4n) is 2.40. The fourth-order valence-corrected chi connectivity index (χ4v) is 2.40. The summed E-state index contributed by atoms with van der Waals surface area (Å²) in [5, 5.41) is 0. The Labute approximate surface area is 89.9 Å². The van der Waals surface area contributed by atoms with E-state index in [4.69, 9.17) is 14.2 Å². The third kappa shape index (κ3) is 2.69. The molecule has 1 saturated heterocycles. The lowest BCUT2D eigenvalue weighted by atomic mass is 9.83. The van der Waals surface area contributed by atoms with Gasteiger partial charge in [0.2, 0.25) is 0 Å². The molecule has 4 heteroatoms. The van der Waals surface area contributed by atoms with Crippen molar-refractivity contribution in [3.63, 3.8) is 0 Å². The minimum Gasteiger partial charge on any atom is -0.460 e. The molecule has 0 spiro atoms. The van der Waals surface area contributed by atoms with Gasteiger partial charge < -0.3 is 14.2 Å². The lowest BCUT2D eigenvalue weighted by molar-refractivity contribution is -0.158. The van der Waals surface area contributed by atoms with E-state index in [9.17, 15) is 4.79 Å². The number of esters is 1. The molecular weight excluding hydrogens is 196 g/mol. The van der Waals surface area contributed by atoms with Gasteiger partial charge in [-0.25, -0.2) is 0 Å². The summed E-state index contributed by atoms with van der Waals surface area (Å²) in [5.41, 5.74) is 0. The normalized spacial score (nSPS) is 39.9. The molecule has 1 heterocycles. The SMILES string of the molecule is COC1CCC(C2CO2)CC1OC(C)=O. The van der Waals surface area contributed by atoms with Crippen molar-refractivity contribution >= 4 is 5.97 Å². The van der Waals surface area contributed by atoms with Crippen LogP contribution in [0.15, 0.2) is 0 Å². The van der Waals surface area contributed by atoms with Crippen molar-refractivity contribution in [2.45, 2.75) is 44.5 Å². The number of hydrogen-bond acceptors (Lipinski definition) is 4. The molecule has 1 saturated carbocycles. The molecule has 4 atom stereocenters. The summed E-state index contributed by atoms with van der Waals surface area (Å²) in [4.78, 5) is 11.0. The van der Waals surface area contributed by atoms with Gasteiger partial charge in [-0.2, -0.15) is 0 Å². The van der Waals surface area contributed by atoms with E-state index in [1.54, 1.807) is 7.11 Å². The summed E-state index contributed by atoms with van der Waals surface area (Å²) in [6.07, 6.45) is 3.32. The van der Waals surface area contributed by atoms with Crippen molar-refractivity contribution in [3.05, 3.63) is 0 Å². The van der Waals surface area contributed by atoms with Gasteiger partial charge in [-0.05, 0) is 25.2 Å². The number of hydrogen-bond donors (Lipinski definition) is 0. The minimum atomic E-state index is -0.223. The van der Waals surface area contributed by atoms with E-state index in [1.807, 2.05) is 0 Å². The van der Waals surface area contributed by atoms with E-state index in [0.29, 0.717) is 12.0 Å². The van der Waals surface area contributed by atoms with E-state index in [1.165, 1.54) is 6.92 Å². The lowest BCUT2D eigenvalue weighted by Gasteiger charge is -2.33. The van der Waals surface area contributed by atoms with E-state index >= 15 is 0 Å². The summed E-state index contributed by atoms with van der Waals surface area (Å²) >= 11 is 0. The summed E-state index contributed by atoms with van der Waals surface area (Å²) < 4.78 is 15.9. The predicted octanol–water partition coefficient (Wildman–Crippen LogP) is 1.13. The Morgan fingerprint density at radius 1 is 1.33 bits per heavy atom. The van der Waals surface area contributed by atoms with Crippen molar-refractivity contribution in [3.8, 4) is 0 Å². The zero-order valence-corrected chi connectivity index (χ0v) is 9.27. The lowest BCUT2D eigenvalue weighted by Crippen LogP contribution is -2.39. The molecule has 1 aliphatic carbocycles. The first-order chi connectivity index (χ1) is 7.20. The Bertz CT molecular complexity index is 237. The van der Waals surface area contributed by atoms with Crippen LogP contribution in [0, 0.1) is 5.92 Å². The second-order valence-corrected chi connectivity index (χ2v) is 4.37. The van der Waals surface area contributed by atoms with E-state index in [0.717, 1.165) is 25.9 Å². The van der Waals surface area contributed by atoms with Crippen LogP contribution in [0.5, 0.6) is 0 Å². The number of carbonyl (C=O) groups excluding carboxylic acids is 1. The van der Waals surface area contributed by atoms with Gasteiger partial charge in [0.25, 0.3) is 0 Å². The molecule has 0 radical (unpaired) electrons. The Morgan fingerprint density at radius 3 is 2.60 bits per heavy atom. The molecule has 1 aliphatic heterocycles. The zero-order chi connectivity index (χ0) is 10.8. The molecule has 2 fully saturated rings. The van der Waals surface area contributed by atoms with Gasteiger partial charge in [0.15, 0.2) is 0 Å². The molecule has 2 aliphatic rings. The summed E-state index contributed by atoms with van der Waals surface area (Å²) in [5.74, 6) is 0.320. The molecule has 0 aromatic rings. The Balaban J connectivity index is 1.91. The summed E-state index contributed by atoms with van der Waals surface area (Å²) in [7, 11) is 1.68. The molecule has 2 rings (SSSR count). The summed E-state index contributed by atoms with van der Waals surface area (Å²) in [6.45, 7) is 2.32. The highest BCUT2D eigenvalue weighted by atomic mass is 16.6. The van der Waals surface area contributed by atoms with Crippen molar-refractivity contribution < 1.29 is 19.0 Å². The predicted molar refractivity (Wildman–Crippen MR) is 53.4 cm³/mol. The zero-order valence-electron chi connectivity index (χ0n) is 9.27. The maximum Gasteiger partial charge on any atom is 0.302 e. The number of methoxy groups -OCH3 is 1. The van der Waals surface area contributed by atoms with E-state index in [2.05, 4.69) is 0 Å². The largest absolute Gasteiger partial charge is 0.460 e. The second kappa shape index (κ2) is 4.49. The molecule has 0 N–H and O–H groups in total. The van der Waals surface area contributed by atoms with Gasteiger partial charge in [-0.3, -0.25) is 4.79 Å². The van der Waals surface area contributed by atoms with Crippen LogP contribution in [0.25, 0.3) is 0 Å². The number of ether oxygens (including phenoxy) is 3. The van der Waals surface area contributed by atoms with Gasteiger partial charge in [-0.1, -0.05) is 0 Å². The first-order valence-corrected chi connectivity index (χ1v) is 5.52. The highest BCUT2D eigenvalue weighted by Crippen LogP contribution is 2.35. The van der Waals surface area contributed by atoms with Gasteiger partial charge in [-0.15, -0.1) is 0 Å². The van der Waals surface area contributed by atoms with Gasteiger partial charge >= 0.3 is 5.97 Å². The first-order valence-electron chi connectivity index (χ1n) is 5.52. The van der Waals surface area contributed by atoms with Crippen molar-refractivity contribution in [2.24, 2.45) is 5.92 Å². The second-order valence-electron chi connectivity index (χ2n) is 4.37. The average Bonchev–Trinajstić information content (AvgIpc) is 3.00. The summed E-state index contributed by atoms with van der Waals surface area (Å²) in [6, 6.07) is 0. The van der Waals surface area contributed by atoms with Crippen LogP contribution in [0.4, 0.5) is 0 Å². The van der Waals surface area contributed by atoms with Crippen LogP contribution in [0.2, 0.25) is 0 Å². The van der Waals surface area contributed by atoms with Crippen LogP contribution in [0.3, 0.4) is 0 Å². The minimum absolute atomic E-state index is 0.0592. The Hall–Kier alpha value is -0.610. The number of rotatable bonds is 3. The third-order valence-electron chi connectivity index (χ3n) is 3.28. The Morgan fingerprint density at radius 2 is 2.07 bits per heavy atom. The molecular formula is C11H18O4. The highest BCUT2D eigenvalue weighted by Gasteiger charge is 2.40. The van der Waals surface area contributed by atoms with Gasteiger partial charge in [0.1, 0.15) is 6.10 Å². The molecule has 4 unspecified atom stereocenters. The van der Waals surface area contributed by atoms with Crippen LogP contribution >= 0.6 is 0 Å². The van der Waals surface area contributed by atoms with Crippen LogP contribution in [-0.2, 0) is 19.0 Å². The molecule has 86 valence electrons. The molecule has 0 bridgehead atoms. The van der Waals surface area contributed by atoms with E-state index < -0.39 is 0 Å². The van der Waals surface area contributed by atoms with E-state index in [-0.39, 0.29) is 18.2 Å². The van der Waals surface area contributed by atoms with Gasteiger partial charge in [0.05, 0.1) is 18.8 Å². The Kier molecular flexibility index (Phi) is 3.26. The topological polar surface area (TPSA) is 48.1 Å². The molecule has 0 amide bonds. The van der Waals surface area contributed by atoms with Crippen LogP contribution < -0.4 is 0 Å². The monoisotopic (exact) mass is 214 g/mol. The standard InChI is InChI=1S/C11H18O4/c1-7(12)15-10-5-8(11-6-14-11)3-4-9(10)13-2/h8-11H,3-6H2,1-2H3. The van der Waals surface area contributed by atoms with Gasteiger partial charge in [0, 0.05) is 14.0 Å². The molecule has 4 nitrogen and oxygen atoms in total. The maximum absolute atomic E-state index is 11.0. The van der Waals surface area contributed by atoms with Crippen molar-refractivity contribution in [1.82, 2.24) is 0 Å². The highest BCUT2D eigenvalue weighted by molar-refractivity contribution is 5.66. The van der Waals surface area contributed by atoms with Crippen molar-refractivity contribution in [2.75, 3.05) is 13.7 Å². The van der Waals surface area contributed by atoms with Crippen LogP contribution in [-0.4, -0.2) is 38.0 Å². The molecule has 15 heavy (non-hydrogen) atoms. The number of carbonyl (C=O) groups is 1. The fraction of sp³-hybridized carbons (Fsp3) is 0.909. The average molecular weight is 214 g/mol. The third-order valence-corrected chi connectivity index (χ3v) is 3.28. The molecule has 0 aromatic heterocycles.